The molecular formula is C12H16BrNO2S. The van der Waals surface area contributed by atoms with E-state index in [0.717, 1.165) is 34.6 Å². The number of phenolic OH excluding ortho intramolecular Hbond substituents is 1. The fraction of sp³-hybridized carbons (Fsp3) is 0.500. The average Bonchev–Trinajstić information content (AvgIpc) is 2.32. The molecule has 1 aliphatic heterocycles. The summed E-state index contributed by atoms with van der Waals surface area (Å²) in [4.78, 5) is 2.27. The van der Waals surface area contributed by atoms with E-state index in [9.17, 15) is 9.32 Å². The average molecular weight is 318 g/mol. The lowest BCUT2D eigenvalue weighted by atomic mass is 10.1. The lowest BCUT2D eigenvalue weighted by Crippen LogP contribution is -2.39. The highest BCUT2D eigenvalue weighted by Gasteiger charge is 2.22. The molecule has 1 unspecified atom stereocenters. The number of rotatable bonds is 2. The van der Waals surface area contributed by atoms with Crippen LogP contribution in [-0.4, -0.2) is 38.8 Å². The van der Waals surface area contributed by atoms with Gasteiger partial charge >= 0.3 is 0 Å². The minimum atomic E-state index is -0.657. The van der Waals surface area contributed by atoms with Crippen LogP contribution in [0.1, 0.15) is 18.5 Å². The first-order chi connectivity index (χ1) is 8.08. The third-order valence-corrected chi connectivity index (χ3v) is 4.97. The molecular weight excluding hydrogens is 302 g/mol. The molecule has 17 heavy (non-hydrogen) atoms. The molecule has 2 rings (SSSR count). The van der Waals surface area contributed by atoms with E-state index in [1.165, 1.54) is 0 Å². The molecule has 1 N–H and O–H groups in total. The van der Waals surface area contributed by atoms with Gasteiger partial charge < -0.3 is 5.11 Å². The minimum Gasteiger partial charge on any atom is -0.508 e. The highest BCUT2D eigenvalue weighted by molar-refractivity contribution is 9.10. The molecule has 0 spiro atoms. The Morgan fingerprint density at radius 1 is 1.41 bits per heavy atom. The van der Waals surface area contributed by atoms with E-state index in [1.807, 2.05) is 12.1 Å². The molecule has 5 heteroatoms. The van der Waals surface area contributed by atoms with E-state index >= 15 is 0 Å². The molecule has 1 heterocycles. The first-order valence-electron chi connectivity index (χ1n) is 5.65. The summed E-state index contributed by atoms with van der Waals surface area (Å²) in [6, 6.07) is 5.64. The summed E-state index contributed by atoms with van der Waals surface area (Å²) in [6.07, 6.45) is 0. The number of halogens is 1. The van der Waals surface area contributed by atoms with Crippen LogP contribution in [0.3, 0.4) is 0 Å². The fourth-order valence-corrected chi connectivity index (χ4v) is 3.56. The molecule has 0 amide bonds. The van der Waals surface area contributed by atoms with E-state index in [2.05, 4.69) is 27.8 Å². The quantitative estimate of drug-likeness (QED) is 0.909. The zero-order valence-corrected chi connectivity index (χ0v) is 12.1. The maximum Gasteiger partial charge on any atom is 0.120 e. The molecule has 3 nitrogen and oxygen atoms in total. The Hall–Kier alpha value is -0.390. The second-order valence-electron chi connectivity index (χ2n) is 4.26. The van der Waals surface area contributed by atoms with E-state index in [0.29, 0.717) is 5.75 Å². The molecule has 1 aromatic rings. The van der Waals surface area contributed by atoms with Crippen LogP contribution in [0.4, 0.5) is 0 Å². The molecule has 1 atom stereocenters. The van der Waals surface area contributed by atoms with Gasteiger partial charge in [0.1, 0.15) is 5.75 Å². The van der Waals surface area contributed by atoms with E-state index in [-0.39, 0.29) is 6.04 Å². The van der Waals surface area contributed by atoms with Gasteiger partial charge in [-0.15, -0.1) is 0 Å². The van der Waals surface area contributed by atoms with Gasteiger partial charge in [0.15, 0.2) is 0 Å². The summed E-state index contributed by atoms with van der Waals surface area (Å²) in [5, 5.41) is 9.88. The Morgan fingerprint density at radius 2 is 2.06 bits per heavy atom. The van der Waals surface area contributed by atoms with Crippen LogP contribution in [0.5, 0.6) is 5.75 Å². The van der Waals surface area contributed by atoms with E-state index < -0.39 is 10.8 Å². The Balaban J connectivity index is 2.16. The Labute approximate surface area is 112 Å². The Bertz CT molecular complexity index is 429. The van der Waals surface area contributed by atoms with Gasteiger partial charge in [-0.1, -0.05) is 15.9 Å². The largest absolute Gasteiger partial charge is 0.508 e. The second-order valence-corrected chi connectivity index (χ2v) is 6.87. The summed E-state index contributed by atoms with van der Waals surface area (Å²) in [5.74, 6) is 1.80. The molecule has 0 aliphatic carbocycles. The highest BCUT2D eigenvalue weighted by atomic mass is 79.9. The maximum absolute atomic E-state index is 11.3. The van der Waals surface area contributed by atoms with Crippen LogP contribution in [0.2, 0.25) is 0 Å². The standard InChI is InChI=1S/C12H16BrNO2S/c1-9(14-4-6-17(16)7-5-14)11-8-10(13)2-3-12(11)15/h2-3,8-9,15H,4-7H2,1H3. The molecule has 0 saturated carbocycles. The molecule has 0 bridgehead atoms. The molecule has 1 fully saturated rings. The van der Waals surface area contributed by atoms with Crippen LogP contribution >= 0.6 is 15.9 Å². The van der Waals surface area contributed by atoms with Gasteiger partial charge in [-0.25, -0.2) is 0 Å². The molecule has 0 aromatic heterocycles. The lowest BCUT2D eigenvalue weighted by molar-refractivity contribution is 0.227. The third-order valence-electron chi connectivity index (χ3n) is 3.20. The van der Waals surface area contributed by atoms with Gasteiger partial charge in [-0.3, -0.25) is 9.11 Å². The first kappa shape index (κ1) is 13.1. The summed E-state index contributed by atoms with van der Waals surface area (Å²) in [7, 11) is -0.657. The Kier molecular flexibility index (Phi) is 4.22. The number of benzene rings is 1. The van der Waals surface area contributed by atoms with Crippen molar-refractivity contribution in [1.82, 2.24) is 4.90 Å². The van der Waals surface area contributed by atoms with Gasteiger partial charge in [0.2, 0.25) is 0 Å². The minimum absolute atomic E-state index is 0.157. The summed E-state index contributed by atoms with van der Waals surface area (Å²) < 4.78 is 12.3. The van der Waals surface area contributed by atoms with Crippen molar-refractivity contribution in [3.63, 3.8) is 0 Å². The first-order valence-corrected chi connectivity index (χ1v) is 7.93. The second kappa shape index (κ2) is 5.50. The summed E-state index contributed by atoms with van der Waals surface area (Å²) >= 11 is 3.42. The van der Waals surface area contributed by atoms with Crippen molar-refractivity contribution in [2.45, 2.75) is 13.0 Å². The van der Waals surface area contributed by atoms with Gasteiger partial charge in [-0.05, 0) is 25.1 Å². The van der Waals surface area contributed by atoms with Crippen molar-refractivity contribution in [1.29, 1.82) is 0 Å². The zero-order valence-electron chi connectivity index (χ0n) is 9.73. The fourth-order valence-electron chi connectivity index (χ4n) is 2.10. The summed E-state index contributed by atoms with van der Waals surface area (Å²) in [5.41, 5.74) is 0.923. The molecule has 1 aromatic carbocycles. The number of hydrogen-bond acceptors (Lipinski definition) is 3. The lowest BCUT2D eigenvalue weighted by Gasteiger charge is -2.32. The van der Waals surface area contributed by atoms with Crippen LogP contribution in [-0.2, 0) is 10.8 Å². The van der Waals surface area contributed by atoms with Gasteiger partial charge in [0.05, 0.1) is 0 Å². The SMILES string of the molecule is CC(c1cc(Br)ccc1O)N1CCS(=O)CC1. The molecule has 1 saturated heterocycles. The number of phenols is 1. The normalized spacial score (nSPS) is 20.4. The van der Waals surface area contributed by atoms with Crippen molar-refractivity contribution in [3.8, 4) is 5.75 Å². The van der Waals surface area contributed by atoms with E-state index in [4.69, 9.17) is 0 Å². The van der Waals surface area contributed by atoms with Crippen molar-refractivity contribution < 1.29 is 9.32 Å². The van der Waals surface area contributed by atoms with E-state index in [1.54, 1.807) is 6.07 Å². The van der Waals surface area contributed by atoms with Crippen molar-refractivity contribution >= 4 is 26.7 Å². The van der Waals surface area contributed by atoms with Crippen LogP contribution in [0.25, 0.3) is 0 Å². The number of nitrogens with zero attached hydrogens (tertiary/aromatic N) is 1. The predicted molar refractivity (Wildman–Crippen MR) is 73.7 cm³/mol. The number of aromatic hydroxyl groups is 1. The van der Waals surface area contributed by atoms with Crippen LogP contribution in [0, 0.1) is 0 Å². The monoisotopic (exact) mass is 317 g/mol. The smallest absolute Gasteiger partial charge is 0.120 e. The molecule has 94 valence electrons. The summed E-state index contributed by atoms with van der Waals surface area (Å²) in [6.45, 7) is 3.75. The zero-order chi connectivity index (χ0) is 12.4. The third kappa shape index (κ3) is 3.09. The van der Waals surface area contributed by atoms with Gasteiger partial charge in [-0.2, -0.15) is 0 Å². The predicted octanol–water partition coefficient (Wildman–Crippen LogP) is 2.28. The van der Waals surface area contributed by atoms with Crippen molar-refractivity contribution in [2.75, 3.05) is 24.6 Å². The van der Waals surface area contributed by atoms with Crippen molar-refractivity contribution in [2.24, 2.45) is 0 Å². The van der Waals surface area contributed by atoms with Crippen LogP contribution < -0.4 is 0 Å². The van der Waals surface area contributed by atoms with Gasteiger partial charge in [0, 0.05) is 51.5 Å². The molecule has 1 aliphatic rings. The maximum atomic E-state index is 11.3. The van der Waals surface area contributed by atoms with Crippen molar-refractivity contribution in [3.05, 3.63) is 28.2 Å². The highest BCUT2D eigenvalue weighted by Crippen LogP contribution is 2.31. The Morgan fingerprint density at radius 3 is 2.71 bits per heavy atom. The number of hydrogen-bond donors (Lipinski definition) is 1. The topological polar surface area (TPSA) is 40.5 Å². The van der Waals surface area contributed by atoms with Gasteiger partial charge in [0.25, 0.3) is 0 Å². The molecule has 0 radical (unpaired) electrons. The van der Waals surface area contributed by atoms with Crippen LogP contribution in [0.15, 0.2) is 22.7 Å².